The Bertz CT molecular complexity index is 556. The van der Waals surface area contributed by atoms with Crippen molar-refractivity contribution in [3.8, 4) is 0 Å². The lowest BCUT2D eigenvalue weighted by Crippen LogP contribution is -2.33. The molecular weight excluding hydrogens is 280 g/mol. The number of aliphatic carboxylic acids is 1. The van der Waals surface area contributed by atoms with E-state index in [2.05, 4.69) is 5.10 Å². The Labute approximate surface area is 120 Å². The number of hydrogen-bond donors (Lipinski definition) is 3. The van der Waals surface area contributed by atoms with Gasteiger partial charge in [0.15, 0.2) is 5.82 Å². The summed E-state index contributed by atoms with van der Waals surface area (Å²) in [5.41, 5.74) is 5.87. The normalized spacial score (nSPS) is 18.0. The van der Waals surface area contributed by atoms with Gasteiger partial charge in [-0.1, -0.05) is 0 Å². The average Bonchev–Trinajstić information content (AvgIpc) is 3.02. The molecule has 9 nitrogen and oxygen atoms in total. The minimum Gasteiger partial charge on any atom is -0.480 e. The number of carbonyl (C=O) groups is 2. The first-order valence-corrected chi connectivity index (χ1v) is 6.53. The molecule has 116 valence electrons. The Morgan fingerprint density at radius 1 is 1.52 bits per heavy atom. The van der Waals surface area contributed by atoms with Crippen LogP contribution in [0.15, 0.2) is 0 Å². The highest BCUT2D eigenvalue weighted by Gasteiger charge is 2.33. The first-order chi connectivity index (χ1) is 9.99. The number of carboxylic acid groups (broad SMARTS) is 1. The van der Waals surface area contributed by atoms with Crippen LogP contribution in [-0.4, -0.2) is 58.2 Å². The molecule has 1 aliphatic heterocycles. The van der Waals surface area contributed by atoms with Gasteiger partial charge in [0.2, 0.25) is 0 Å². The third-order valence-corrected chi connectivity index (χ3v) is 3.51. The molecule has 4 N–H and O–H groups in total. The first kappa shape index (κ1) is 15.1. The van der Waals surface area contributed by atoms with E-state index in [1.165, 1.54) is 7.11 Å². The Balaban J connectivity index is 2.47. The summed E-state index contributed by atoms with van der Waals surface area (Å²) in [4.78, 5) is 24.5. The molecule has 1 aromatic rings. The number of rotatable bonds is 5. The number of ether oxygens (including phenoxy) is 1. The topological polar surface area (TPSA) is 131 Å². The van der Waals surface area contributed by atoms with Crippen LogP contribution in [0.5, 0.6) is 0 Å². The van der Waals surface area contributed by atoms with Gasteiger partial charge in [-0.25, -0.2) is 9.48 Å². The molecule has 0 spiro atoms. The van der Waals surface area contributed by atoms with E-state index in [-0.39, 0.29) is 29.8 Å². The van der Waals surface area contributed by atoms with Crippen molar-refractivity contribution in [3.05, 3.63) is 5.56 Å². The Morgan fingerprint density at radius 2 is 2.24 bits per heavy atom. The standard InChI is InChI=1S/C12H18N4O5/c1-21-12(20)9-10(13)16(5-8(18)19)14-11(9)15-4-2-3-7(15)6-17/h7,17H,2-6,13H2,1H3,(H,18,19). The number of nitrogens with zero attached hydrogens (tertiary/aromatic N) is 3. The molecule has 0 radical (unpaired) electrons. The second-order valence-corrected chi connectivity index (χ2v) is 4.80. The molecule has 0 aromatic carbocycles. The number of aromatic nitrogens is 2. The number of aliphatic hydroxyl groups excluding tert-OH is 1. The summed E-state index contributed by atoms with van der Waals surface area (Å²) in [5, 5.41) is 22.4. The zero-order valence-electron chi connectivity index (χ0n) is 11.7. The Hall–Kier alpha value is -2.29. The van der Waals surface area contributed by atoms with Crippen LogP contribution < -0.4 is 10.6 Å². The lowest BCUT2D eigenvalue weighted by molar-refractivity contribution is -0.137. The molecule has 1 aliphatic rings. The lowest BCUT2D eigenvalue weighted by Gasteiger charge is -2.23. The molecule has 1 aromatic heterocycles. The first-order valence-electron chi connectivity index (χ1n) is 6.53. The lowest BCUT2D eigenvalue weighted by atomic mass is 10.2. The fourth-order valence-corrected chi connectivity index (χ4v) is 2.51. The predicted molar refractivity (Wildman–Crippen MR) is 73.1 cm³/mol. The maximum Gasteiger partial charge on any atom is 0.345 e. The third-order valence-electron chi connectivity index (χ3n) is 3.51. The number of carboxylic acids is 1. The van der Waals surface area contributed by atoms with Crippen LogP contribution in [0.25, 0.3) is 0 Å². The molecule has 1 fully saturated rings. The van der Waals surface area contributed by atoms with Crippen molar-refractivity contribution in [1.29, 1.82) is 0 Å². The summed E-state index contributed by atoms with van der Waals surface area (Å²) in [6.45, 7) is 0.0819. The predicted octanol–water partition coefficient (Wildman–Crippen LogP) is -0.702. The zero-order chi connectivity index (χ0) is 15.6. The maximum atomic E-state index is 11.9. The molecule has 21 heavy (non-hydrogen) atoms. The fourth-order valence-electron chi connectivity index (χ4n) is 2.51. The van der Waals surface area contributed by atoms with Gasteiger partial charge in [0.1, 0.15) is 17.9 Å². The molecule has 2 rings (SSSR count). The Morgan fingerprint density at radius 3 is 2.81 bits per heavy atom. The van der Waals surface area contributed by atoms with Gasteiger partial charge in [-0.3, -0.25) is 4.79 Å². The minimum atomic E-state index is -1.12. The summed E-state index contributed by atoms with van der Waals surface area (Å²) in [7, 11) is 1.22. The van der Waals surface area contributed by atoms with Gasteiger partial charge in [0.05, 0.1) is 19.8 Å². The molecule has 0 saturated carbocycles. The quantitative estimate of drug-likeness (QED) is 0.608. The number of nitrogen functional groups attached to an aromatic ring is 1. The van der Waals surface area contributed by atoms with Crippen LogP contribution >= 0.6 is 0 Å². The van der Waals surface area contributed by atoms with Crippen molar-refractivity contribution in [2.24, 2.45) is 0 Å². The second kappa shape index (κ2) is 6.00. The molecule has 1 atom stereocenters. The van der Waals surface area contributed by atoms with E-state index in [1.807, 2.05) is 0 Å². The summed E-state index contributed by atoms with van der Waals surface area (Å²) < 4.78 is 5.75. The minimum absolute atomic E-state index is 0.0408. The molecule has 1 unspecified atom stereocenters. The maximum absolute atomic E-state index is 11.9. The van der Waals surface area contributed by atoms with Crippen LogP contribution in [0, 0.1) is 0 Å². The molecule has 9 heteroatoms. The monoisotopic (exact) mass is 298 g/mol. The van der Waals surface area contributed by atoms with Crippen molar-refractivity contribution < 1.29 is 24.5 Å². The van der Waals surface area contributed by atoms with Gasteiger partial charge in [-0.05, 0) is 12.8 Å². The molecule has 2 heterocycles. The second-order valence-electron chi connectivity index (χ2n) is 4.80. The van der Waals surface area contributed by atoms with Gasteiger partial charge in [0.25, 0.3) is 0 Å². The van der Waals surface area contributed by atoms with Gasteiger partial charge in [-0.15, -0.1) is 0 Å². The van der Waals surface area contributed by atoms with Gasteiger partial charge < -0.3 is 25.6 Å². The molecule has 1 saturated heterocycles. The largest absolute Gasteiger partial charge is 0.480 e. The van der Waals surface area contributed by atoms with Crippen molar-refractivity contribution in [2.45, 2.75) is 25.4 Å². The average molecular weight is 298 g/mol. The summed E-state index contributed by atoms with van der Waals surface area (Å²) in [5.74, 6) is -1.59. The molecule has 0 aliphatic carbocycles. The van der Waals surface area contributed by atoms with Crippen LogP contribution in [0.3, 0.4) is 0 Å². The van der Waals surface area contributed by atoms with Gasteiger partial charge in [0, 0.05) is 6.54 Å². The number of carbonyl (C=O) groups excluding carboxylic acids is 1. The molecule has 0 amide bonds. The Kier molecular flexibility index (Phi) is 4.32. The number of aliphatic hydroxyl groups is 1. The van der Waals surface area contributed by atoms with Crippen molar-refractivity contribution in [1.82, 2.24) is 9.78 Å². The fraction of sp³-hybridized carbons (Fsp3) is 0.583. The highest BCUT2D eigenvalue weighted by atomic mass is 16.5. The van der Waals surface area contributed by atoms with E-state index < -0.39 is 18.5 Å². The van der Waals surface area contributed by atoms with E-state index in [1.54, 1.807) is 4.90 Å². The highest BCUT2D eigenvalue weighted by Crippen LogP contribution is 2.31. The van der Waals surface area contributed by atoms with Gasteiger partial charge in [-0.2, -0.15) is 5.10 Å². The third kappa shape index (κ3) is 2.77. The summed E-state index contributed by atoms with van der Waals surface area (Å²) in [6.07, 6.45) is 1.61. The van der Waals surface area contributed by atoms with E-state index >= 15 is 0 Å². The van der Waals surface area contributed by atoms with Crippen molar-refractivity contribution in [2.75, 3.05) is 30.9 Å². The number of anilines is 2. The zero-order valence-corrected chi connectivity index (χ0v) is 11.7. The van der Waals surface area contributed by atoms with Crippen LogP contribution in [0.4, 0.5) is 11.6 Å². The SMILES string of the molecule is COC(=O)c1c(N2CCCC2CO)nn(CC(=O)O)c1N. The highest BCUT2D eigenvalue weighted by molar-refractivity contribution is 6.00. The van der Waals surface area contributed by atoms with Crippen molar-refractivity contribution >= 4 is 23.6 Å². The number of esters is 1. The van der Waals surface area contributed by atoms with E-state index in [9.17, 15) is 14.7 Å². The smallest absolute Gasteiger partial charge is 0.345 e. The van der Waals surface area contributed by atoms with Gasteiger partial charge >= 0.3 is 11.9 Å². The molecule has 0 bridgehead atoms. The van der Waals surface area contributed by atoms with E-state index in [0.717, 1.165) is 17.5 Å². The summed E-state index contributed by atoms with van der Waals surface area (Å²) in [6, 6.07) is -0.166. The molecular formula is C12H18N4O5. The van der Waals surface area contributed by atoms with Crippen LogP contribution in [0.2, 0.25) is 0 Å². The number of hydrogen-bond acceptors (Lipinski definition) is 7. The van der Waals surface area contributed by atoms with Crippen LogP contribution in [0.1, 0.15) is 23.2 Å². The number of nitrogens with two attached hydrogens (primary N) is 1. The number of methoxy groups -OCH3 is 1. The summed E-state index contributed by atoms with van der Waals surface area (Å²) >= 11 is 0. The van der Waals surface area contributed by atoms with E-state index in [0.29, 0.717) is 6.54 Å². The van der Waals surface area contributed by atoms with E-state index in [4.69, 9.17) is 15.6 Å². The van der Waals surface area contributed by atoms with Crippen molar-refractivity contribution in [3.63, 3.8) is 0 Å². The van der Waals surface area contributed by atoms with Crippen LogP contribution in [-0.2, 0) is 16.1 Å².